The SMILES string of the molecule is CN1CC(=O)N(c2ccccc2)CC12CCN(C(=O)[C@@H]1CCCO1)C2. The van der Waals surface area contributed by atoms with Crippen molar-refractivity contribution in [2.24, 2.45) is 0 Å². The molecule has 1 aromatic carbocycles. The molecule has 25 heavy (non-hydrogen) atoms. The molecular formula is C19H25N3O3. The highest BCUT2D eigenvalue weighted by molar-refractivity contribution is 5.96. The van der Waals surface area contributed by atoms with Crippen molar-refractivity contribution in [3.8, 4) is 0 Å². The summed E-state index contributed by atoms with van der Waals surface area (Å²) in [6.45, 7) is 3.10. The summed E-state index contributed by atoms with van der Waals surface area (Å²) in [7, 11) is 2.00. The molecule has 0 radical (unpaired) electrons. The van der Waals surface area contributed by atoms with Crippen LogP contribution in [0.4, 0.5) is 5.69 Å². The van der Waals surface area contributed by atoms with Crippen LogP contribution >= 0.6 is 0 Å². The summed E-state index contributed by atoms with van der Waals surface area (Å²) in [6.07, 6.45) is 2.41. The Morgan fingerprint density at radius 2 is 2.04 bits per heavy atom. The average Bonchev–Trinajstić information content (AvgIpc) is 3.30. The van der Waals surface area contributed by atoms with Gasteiger partial charge in [0, 0.05) is 31.9 Å². The number of carbonyl (C=O) groups is 2. The van der Waals surface area contributed by atoms with E-state index in [4.69, 9.17) is 4.74 Å². The number of hydrogen-bond acceptors (Lipinski definition) is 4. The number of nitrogens with zero attached hydrogens (tertiary/aromatic N) is 3. The van der Waals surface area contributed by atoms with E-state index >= 15 is 0 Å². The van der Waals surface area contributed by atoms with Crippen LogP contribution in [0.15, 0.2) is 30.3 Å². The van der Waals surface area contributed by atoms with E-state index in [0.29, 0.717) is 26.2 Å². The standard InChI is InChI=1S/C19H25N3O3/c1-20-12-17(23)22(15-6-3-2-4-7-15)14-19(20)9-10-21(13-19)18(24)16-8-5-11-25-16/h2-4,6-7,16H,5,8-14H2,1H3/t16-,19?/m0/s1. The van der Waals surface area contributed by atoms with Crippen LogP contribution in [0.3, 0.4) is 0 Å². The lowest BCUT2D eigenvalue weighted by Crippen LogP contribution is -2.64. The smallest absolute Gasteiger partial charge is 0.251 e. The van der Waals surface area contributed by atoms with Crippen molar-refractivity contribution in [3.05, 3.63) is 30.3 Å². The van der Waals surface area contributed by atoms with Crippen molar-refractivity contribution in [3.63, 3.8) is 0 Å². The molecule has 2 atom stereocenters. The first-order valence-corrected chi connectivity index (χ1v) is 9.06. The first-order valence-electron chi connectivity index (χ1n) is 9.06. The second kappa shape index (κ2) is 6.42. The molecule has 6 heteroatoms. The fourth-order valence-corrected chi connectivity index (χ4v) is 4.26. The first kappa shape index (κ1) is 16.5. The van der Waals surface area contributed by atoms with Crippen LogP contribution in [-0.4, -0.2) is 73.1 Å². The van der Waals surface area contributed by atoms with E-state index in [9.17, 15) is 9.59 Å². The molecular weight excluding hydrogens is 318 g/mol. The zero-order valence-electron chi connectivity index (χ0n) is 14.7. The van der Waals surface area contributed by atoms with E-state index in [-0.39, 0.29) is 23.5 Å². The van der Waals surface area contributed by atoms with Crippen LogP contribution in [0.2, 0.25) is 0 Å². The maximum Gasteiger partial charge on any atom is 0.251 e. The van der Waals surface area contributed by atoms with E-state index in [0.717, 1.165) is 31.5 Å². The van der Waals surface area contributed by atoms with Crippen LogP contribution < -0.4 is 4.90 Å². The molecule has 3 aliphatic rings. The molecule has 1 aromatic rings. The molecule has 1 spiro atoms. The van der Waals surface area contributed by atoms with E-state index in [1.807, 2.05) is 47.2 Å². The fourth-order valence-electron chi connectivity index (χ4n) is 4.26. The minimum Gasteiger partial charge on any atom is -0.368 e. The summed E-state index contributed by atoms with van der Waals surface area (Å²) in [4.78, 5) is 31.2. The van der Waals surface area contributed by atoms with Gasteiger partial charge in [-0.1, -0.05) is 18.2 Å². The van der Waals surface area contributed by atoms with Crippen molar-refractivity contribution in [2.75, 3.05) is 44.7 Å². The maximum absolute atomic E-state index is 12.7. The van der Waals surface area contributed by atoms with Gasteiger partial charge in [0.05, 0.1) is 12.1 Å². The Labute approximate surface area is 148 Å². The summed E-state index contributed by atoms with van der Waals surface area (Å²) in [5, 5.41) is 0. The Balaban J connectivity index is 1.52. The molecule has 0 aromatic heterocycles. The molecule has 3 heterocycles. The summed E-state index contributed by atoms with van der Waals surface area (Å²) in [5.41, 5.74) is 0.766. The summed E-state index contributed by atoms with van der Waals surface area (Å²) < 4.78 is 5.57. The molecule has 0 N–H and O–H groups in total. The molecule has 0 aliphatic carbocycles. The molecule has 3 aliphatic heterocycles. The number of para-hydroxylation sites is 1. The van der Waals surface area contributed by atoms with Gasteiger partial charge in [0.1, 0.15) is 6.10 Å². The third kappa shape index (κ3) is 2.93. The Morgan fingerprint density at radius 1 is 1.24 bits per heavy atom. The third-order valence-electron chi connectivity index (χ3n) is 5.85. The van der Waals surface area contributed by atoms with Crippen molar-refractivity contribution in [1.82, 2.24) is 9.80 Å². The predicted octanol–water partition coefficient (Wildman–Crippen LogP) is 1.12. The Hall–Kier alpha value is -1.92. The van der Waals surface area contributed by atoms with Crippen molar-refractivity contribution in [1.29, 1.82) is 0 Å². The number of likely N-dealkylation sites (tertiary alicyclic amines) is 1. The molecule has 0 saturated carbocycles. The topological polar surface area (TPSA) is 53.1 Å². The third-order valence-corrected chi connectivity index (χ3v) is 5.85. The van der Waals surface area contributed by atoms with Crippen LogP contribution in [0.1, 0.15) is 19.3 Å². The second-order valence-electron chi connectivity index (χ2n) is 7.41. The zero-order valence-corrected chi connectivity index (χ0v) is 14.7. The highest BCUT2D eigenvalue weighted by Gasteiger charge is 2.49. The molecule has 3 saturated heterocycles. The van der Waals surface area contributed by atoms with E-state index < -0.39 is 0 Å². The number of carbonyl (C=O) groups excluding carboxylic acids is 2. The monoisotopic (exact) mass is 343 g/mol. The molecule has 0 bridgehead atoms. The lowest BCUT2D eigenvalue weighted by atomic mass is 9.92. The number of amides is 2. The van der Waals surface area contributed by atoms with Gasteiger partial charge in [-0.15, -0.1) is 0 Å². The fraction of sp³-hybridized carbons (Fsp3) is 0.579. The normalized spacial score (nSPS) is 30.4. The zero-order chi connectivity index (χ0) is 17.4. The Kier molecular flexibility index (Phi) is 4.25. The van der Waals surface area contributed by atoms with Crippen LogP contribution in [-0.2, 0) is 14.3 Å². The van der Waals surface area contributed by atoms with Gasteiger partial charge in [-0.2, -0.15) is 0 Å². The Morgan fingerprint density at radius 3 is 2.76 bits per heavy atom. The average molecular weight is 343 g/mol. The van der Waals surface area contributed by atoms with Crippen LogP contribution in [0, 0.1) is 0 Å². The van der Waals surface area contributed by atoms with Gasteiger partial charge in [-0.25, -0.2) is 0 Å². The lowest BCUT2D eigenvalue weighted by Gasteiger charge is -2.46. The lowest BCUT2D eigenvalue weighted by molar-refractivity contribution is -0.140. The number of ether oxygens (including phenoxy) is 1. The minimum atomic E-state index is -0.268. The van der Waals surface area contributed by atoms with Gasteiger partial charge < -0.3 is 14.5 Å². The van der Waals surface area contributed by atoms with Gasteiger partial charge in [-0.3, -0.25) is 14.5 Å². The second-order valence-corrected chi connectivity index (χ2v) is 7.41. The quantitative estimate of drug-likeness (QED) is 0.807. The number of benzene rings is 1. The van der Waals surface area contributed by atoms with Crippen molar-refractivity contribution < 1.29 is 14.3 Å². The molecule has 134 valence electrons. The molecule has 3 fully saturated rings. The molecule has 2 amide bonds. The van der Waals surface area contributed by atoms with Gasteiger partial charge in [0.25, 0.3) is 5.91 Å². The van der Waals surface area contributed by atoms with Crippen LogP contribution in [0.5, 0.6) is 0 Å². The number of likely N-dealkylation sites (N-methyl/N-ethyl adjacent to an activating group) is 1. The van der Waals surface area contributed by atoms with Gasteiger partial charge in [0.15, 0.2) is 0 Å². The maximum atomic E-state index is 12.7. The van der Waals surface area contributed by atoms with Gasteiger partial charge in [0.2, 0.25) is 5.91 Å². The van der Waals surface area contributed by atoms with Crippen molar-refractivity contribution in [2.45, 2.75) is 30.9 Å². The van der Waals surface area contributed by atoms with E-state index in [1.165, 1.54) is 0 Å². The Bertz CT molecular complexity index is 659. The summed E-state index contributed by atoms with van der Waals surface area (Å²) >= 11 is 0. The van der Waals surface area contributed by atoms with E-state index in [1.54, 1.807) is 0 Å². The highest BCUT2D eigenvalue weighted by Crippen LogP contribution is 2.34. The van der Waals surface area contributed by atoms with Gasteiger partial charge >= 0.3 is 0 Å². The van der Waals surface area contributed by atoms with Crippen molar-refractivity contribution >= 4 is 17.5 Å². The van der Waals surface area contributed by atoms with Crippen LogP contribution in [0.25, 0.3) is 0 Å². The number of rotatable bonds is 2. The molecule has 1 unspecified atom stereocenters. The summed E-state index contributed by atoms with van der Waals surface area (Å²) in [6, 6.07) is 9.81. The highest BCUT2D eigenvalue weighted by atomic mass is 16.5. The number of anilines is 1. The predicted molar refractivity (Wildman–Crippen MR) is 94.3 cm³/mol. The number of hydrogen-bond donors (Lipinski definition) is 0. The number of piperazine rings is 1. The van der Waals surface area contributed by atoms with E-state index in [2.05, 4.69) is 4.90 Å². The minimum absolute atomic E-state index is 0.114. The largest absolute Gasteiger partial charge is 0.368 e. The van der Waals surface area contributed by atoms with Gasteiger partial charge in [-0.05, 0) is 38.4 Å². The first-order chi connectivity index (χ1) is 12.1. The summed E-state index contributed by atoms with van der Waals surface area (Å²) in [5.74, 6) is 0.231. The molecule has 6 nitrogen and oxygen atoms in total. The molecule has 4 rings (SSSR count).